The first-order valence-corrected chi connectivity index (χ1v) is 10.5. The van der Waals surface area contributed by atoms with Gasteiger partial charge in [-0.1, -0.05) is 18.9 Å². The molecule has 0 spiro atoms. The van der Waals surface area contributed by atoms with Gasteiger partial charge in [-0.15, -0.1) is 13.2 Å². The summed E-state index contributed by atoms with van der Waals surface area (Å²) in [6.07, 6.45) is 3.95. The number of hydrogen-bond donors (Lipinski definition) is 0. The summed E-state index contributed by atoms with van der Waals surface area (Å²) < 4.78 is 99.7. The maximum absolute atomic E-state index is 13.4. The van der Waals surface area contributed by atoms with Crippen LogP contribution in [0.5, 0.6) is 0 Å². The number of thiophene rings is 1. The number of hydrogen-bond acceptors (Lipinski definition) is 3. The Bertz CT molecular complexity index is 907. The lowest BCUT2D eigenvalue weighted by Crippen LogP contribution is -2.21. The third kappa shape index (κ3) is 5.14. The molecule has 1 aromatic heterocycles. The number of benzene rings is 1. The normalized spacial score (nSPS) is 17.1. The third-order valence-electron chi connectivity index (χ3n) is 4.19. The van der Waals surface area contributed by atoms with Crippen molar-refractivity contribution in [3.05, 3.63) is 34.7 Å². The lowest BCUT2D eigenvalue weighted by molar-refractivity contribution is -0.0868. The SMILES string of the molecule is Cc1ccc2cc(C3CCCC3)[s+](C(F)(F)F)c2c1.O=S(=O)([O-])C(F)(F)F. The van der Waals surface area contributed by atoms with E-state index in [-0.39, 0.29) is 5.92 Å². The molecule has 152 valence electrons. The summed E-state index contributed by atoms with van der Waals surface area (Å²) in [5.74, 6) is 0.137. The minimum atomic E-state index is -6.09. The number of fused-ring (bicyclic) bond motifs is 1. The van der Waals surface area contributed by atoms with Crippen LogP contribution in [0.1, 0.15) is 42.0 Å². The van der Waals surface area contributed by atoms with Crippen molar-refractivity contribution >= 4 is 30.7 Å². The molecule has 0 bridgehead atoms. The molecule has 1 aliphatic rings. The number of rotatable bonds is 1. The molecule has 1 heterocycles. The fraction of sp³-hybridized carbons (Fsp3) is 0.500. The first-order chi connectivity index (χ1) is 12.2. The van der Waals surface area contributed by atoms with Crippen LogP contribution in [0.15, 0.2) is 24.3 Å². The molecule has 3 rings (SSSR count). The minimum absolute atomic E-state index is 0.137. The average Bonchev–Trinajstić information content (AvgIpc) is 3.11. The van der Waals surface area contributed by atoms with Crippen LogP contribution in [-0.4, -0.2) is 18.5 Å². The van der Waals surface area contributed by atoms with Crippen LogP contribution in [0.3, 0.4) is 0 Å². The summed E-state index contributed by atoms with van der Waals surface area (Å²) in [6, 6.07) is 7.24. The van der Waals surface area contributed by atoms with E-state index in [0.29, 0.717) is 9.58 Å². The average molecular weight is 434 g/mol. The van der Waals surface area contributed by atoms with Crippen molar-refractivity contribution in [2.45, 2.75) is 49.5 Å². The molecule has 11 heteroatoms. The zero-order valence-corrected chi connectivity index (χ0v) is 15.7. The van der Waals surface area contributed by atoms with E-state index >= 15 is 0 Å². The van der Waals surface area contributed by atoms with Crippen molar-refractivity contribution in [1.29, 1.82) is 0 Å². The van der Waals surface area contributed by atoms with Crippen molar-refractivity contribution in [2.24, 2.45) is 0 Å². The van der Waals surface area contributed by atoms with Gasteiger partial charge in [-0.05, 0) is 31.4 Å². The van der Waals surface area contributed by atoms with E-state index in [1.807, 2.05) is 19.1 Å². The van der Waals surface area contributed by atoms with Gasteiger partial charge in [-0.2, -0.15) is 13.2 Å². The van der Waals surface area contributed by atoms with Gasteiger partial charge in [0.15, 0.2) is 19.7 Å². The largest absolute Gasteiger partial charge is 0.741 e. The quantitative estimate of drug-likeness (QED) is 0.236. The molecule has 0 radical (unpaired) electrons. The predicted molar refractivity (Wildman–Crippen MR) is 89.4 cm³/mol. The standard InChI is InChI=1S/C15H16F3S.CHF3O3S/c1-10-6-7-12-9-14(11-4-2-3-5-11)19(13(12)8-10)15(16,17)18;2-1(3,4)8(5,6)7/h6-9,11H,2-5H2,1H3;(H,5,6,7)/q+1;/p-1. The molecule has 1 unspecified atom stereocenters. The van der Waals surface area contributed by atoms with E-state index in [0.717, 1.165) is 36.6 Å². The third-order valence-corrected chi connectivity index (χ3v) is 6.94. The van der Waals surface area contributed by atoms with Gasteiger partial charge in [-0.3, -0.25) is 0 Å². The van der Waals surface area contributed by atoms with Gasteiger partial charge in [0.1, 0.15) is 0 Å². The second-order valence-corrected chi connectivity index (χ2v) is 9.58. The second kappa shape index (κ2) is 7.59. The van der Waals surface area contributed by atoms with Crippen LogP contribution in [-0.2, 0) is 15.6 Å². The Balaban J connectivity index is 0.000000279. The fourth-order valence-electron chi connectivity index (χ4n) is 3.03. The lowest BCUT2D eigenvalue weighted by atomic mass is 10.1. The van der Waals surface area contributed by atoms with E-state index < -0.39 is 31.6 Å². The van der Waals surface area contributed by atoms with Crippen LogP contribution < -0.4 is 0 Å². The fourth-order valence-corrected chi connectivity index (χ4v) is 5.28. The van der Waals surface area contributed by atoms with Crippen LogP contribution in [0.25, 0.3) is 10.1 Å². The van der Waals surface area contributed by atoms with Crippen molar-refractivity contribution in [2.75, 3.05) is 0 Å². The summed E-state index contributed by atoms with van der Waals surface area (Å²) in [5, 5.41) is 0.771. The van der Waals surface area contributed by atoms with Crippen molar-refractivity contribution in [1.82, 2.24) is 0 Å². The zero-order valence-electron chi connectivity index (χ0n) is 14.0. The molecule has 1 aliphatic carbocycles. The Morgan fingerprint density at radius 2 is 1.56 bits per heavy atom. The van der Waals surface area contributed by atoms with Gasteiger partial charge >= 0.3 is 11.0 Å². The van der Waals surface area contributed by atoms with Gasteiger partial charge in [-0.25, -0.2) is 8.42 Å². The molecule has 0 aliphatic heterocycles. The van der Waals surface area contributed by atoms with Crippen molar-refractivity contribution in [3.8, 4) is 0 Å². The summed E-state index contributed by atoms with van der Waals surface area (Å²) in [7, 11) is -7.79. The highest BCUT2D eigenvalue weighted by Crippen LogP contribution is 2.55. The molecule has 1 saturated carbocycles. The van der Waals surface area contributed by atoms with Crippen LogP contribution in [0.2, 0.25) is 0 Å². The van der Waals surface area contributed by atoms with Crippen molar-refractivity contribution in [3.63, 3.8) is 0 Å². The Kier molecular flexibility index (Phi) is 6.18. The van der Waals surface area contributed by atoms with Gasteiger partial charge in [0, 0.05) is 23.4 Å². The second-order valence-electron chi connectivity index (χ2n) is 6.22. The number of alkyl halides is 6. The van der Waals surface area contributed by atoms with Gasteiger partial charge in [0.2, 0.25) is 0 Å². The van der Waals surface area contributed by atoms with Crippen LogP contribution in [0, 0.1) is 6.92 Å². The summed E-state index contributed by atoms with van der Waals surface area (Å²) in [6.45, 7) is 1.85. The number of halogens is 6. The van der Waals surface area contributed by atoms with Crippen LogP contribution >= 0.6 is 10.5 Å². The molecular weight excluding hydrogens is 418 g/mol. The molecule has 0 N–H and O–H groups in total. The molecule has 1 atom stereocenters. The van der Waals surface area contributed by atoms with E-state index in [1.54, 1.807) is 12.1 Å². The van der Waals surface area contributed by atoms with E-state index in [9.17, 15) is 26.3 Å². The predicted octanol–water partition coefficient (Wildman–Crippen LogP) is 6.08. The highest BCUT2D eigenvalue weighted by Gasteiger charge is 2.49. The summed E-state index contributed by atoms with van der Waals surface area (Å²) in [4.78, 5) is 0.630. The Labute approximate surface area is 154 Å². The number of aryl methyl sites for hydroxylation is 1. The van der Waals surface area contributed by atoms with E-state index in [1.165, 1.54) is 0 Å². The topological polar surface area (TPSA) is 57.2 Å². The monoisotopic (exact) mass is 434 g/mol. The maximum Gasteiger partial charge on any atom is 0.600 e. The van der Waals surface area contributed by atoms with Gasteiger partial charge in [0.05, 0.1) is 10.5 Å². The Morgan fingerprint density at radius 3 is 2.00 bits per heavy atom. The molecule has 3 nitrogen and oxygen atoms in total. The molecule has 1 aromatic carbocycles. The smallest absolute Gasteiger partial charge is 0.600 e. The molecule has 0 amide bonds. The molecule has 0 saturated heterocycles. The molecule has 27 heavy (non-hydrogen) atoms. The summed E-state index contributed by atoms with van der Waals surface area (Å²) >= 11 is 0. The summed E-state index contributed by atoms with van der Waals surface area (Å²) in [5.41, 5.74) is -8.89. The van der Waals surface area contributed by atoms with Gasteiger partial charge in [0.25, 0.3) is 0 Å². The maximum atomic E-state index is 13.4. The minimum Gasteiger partial charge on any atom is -0.741 e. The highest BCUT2D eigenvalue weighted by molar-refractivity contribution is 7.86. The molecular formula is C16H16F6O3S2. The highest BCUT2D eigenvalue weighted by atomic mass is 32.2. The van der Waals surface area contributed by atoms with Gasteiger partial charge < -0.3 is 4.55 Å². The molecule has 1 fully saturated rings. The lowest BCUT2D eigenvalue weighted by Gasteiger charge is -2.08. The van der Waals surface area contributed by atoms with E-state index in [4.69, 9.17) is 13.0 Å². The Hall–Kier alpha value is -1.33. The molecule has 2 aromatic rings. The zero-order chi connectivity index (χ0) is 20.6. The first-order valence-electron chi connectivity index (χ1n) is 7.87. The van der Waals surface area contributed by atoms with Crippen LogP contribution in [0.4, 0.5) is 26.3 Å². The Morgan fingerprint density at radius 1 is 1.04 bits per heavy atom. The van der Waals surface area contributed by atoms with Crippen molar-refractivity contribution < 1.29 is 39.3 Å². The van der Waals surface area contributed by atoms with E-state index in [2.05, 4.69) is 0 Å². The first kappa shape index (κ1) is 22.0.